The van der Waals surface area contributed by atoms with Crippen molar-refractivity contribution in [2.24, 2.45) is 0 Å². The molecule has 0 radical (unpaired) electrons. The van der Waals surface area contributed by atoms with E-state index >= 15 is 0 Å². The van der Waals surface area contributed by atoms with Gasteiger partial charge in [0.2, 0.25) is 12.7 Å². The summed E-state index contributed by atoms with van der Waals surface area (Å²) in [6.45, 7) is 4.61. The molecular formula is C25H38NO4PS2. The molecule has 0 aromatic heterocycles. The fraction of sp³-hybridized carbons (Fsp3) is 0.640. The smallest absolute Gasteiger partial charge is 0.231 e. The minimum atomic E-state index is -0.743. The highest BCUT2D eigenvalue weighted by Gasteiger charge is 2.37. The number of rotatable bonds is 11. The van der Waals surface area contributed by atoms with Crippen LogP contribution in [-0.2, 0) is 22.4 Å². The molecule has 4 rings (SSSR count). The third-order valence-corrected chi connectivity index (χ3v) is 9.70. The molecule has 3 unspecified atom stereocenters. The van der Waals surface area contributed by atoms with Crippen LogP contribution >= 0.6 is 21.0 Å². The summed E-state index contributed by atoms with van der Waals surface area (Å²) in [5.41, 5.74) is 2.53. The number of hydrogen-bond donors (Lipinski definition) is 0. The number of β-lactam (4-membered cyclic amide) rings is 1. The molecule has 184 valence electrons. The Balaban J connectivity index is 0.000000231. The zero-order valence-corrected chi connectivity index (χ0v) is 22.7. The molecule has 1 aromatic carbocycles. The van der Waals surface area contributed by atoms with E-state index in [1.807, 2.05) is 41.1 Å². The van der Waals surface area contributed by atoms with Crippen LogP contribution in [-0.4, -0.2) is 50.4 Å². The lowest BCUT2D eigenvalue weighted by Gasteiger charge is -2.41. The molecule has 0 bridgehead atoms. The molecular weight excluding hydrogens is 473 g/mol. The molecule has 5 nitrogen and oxygen atoms in total. The van der Waals surface area contributed by atoms with Gasteiger partial charge in [0, 0.05) is 18.4 Å². The van der Waals surface area contributed by atoms with Crippen LogP contribution in [0.3, 0.4) is 0 Å². The Morgan fingerprint density at radius 3 is 2.73 bits per heavy atom. The second kappa shape index (κ2) is 13.9. The number of amides is 1. The van der Waals surface area contributed by atoms with Gasteiger partial charge in [0.25, 0.3) is 0 Å². The summed E-state index contributed by atoms with van der Waals surface area (Å²) in [6, 6.07) is 6.01. The van der Waals surface area contributed by atoms with E-state index < -0.39 is 11.2 Å². The Morgan fingerprint density at radius 1 is 1.21 bits per heavy atom. The van der Waals surface area contributed by atoms with E-state index in [-0.39, 0.29) is 11.2 Å². The highest BCUT2D eigenvalue weighted by atomic mass is 32.2. The van der Waals surface area contributed by atoms with Crippen LogP contribution in [0.15, 0.2) is 30.0 Å². The molecule has 0 spiro atoms. The topological polar surface area (TPSA) is 61.8 Å². The Bertz CT molecular complexity index is 807. The summed E-state index contributed by atoms with van der Waals surface area (Å²) in [4.78, 5) is 12.8. The first-order valence-corrected chi connectivity index (χ1v) is 15.3. The van der Waals surface area contributed by atoms with Gasteiger partial charge in [0.05, 0.1) is 11.8 Å². The zero-order chi connectivity index (χ0) is 23.6. The first-order valence-electron chi connectivity index (χ1n) is 12.1. The van der Waals surface area contributed by atoms with Crippen LogP contribution in [0.25, 0.3) is 0 Å². The maximum atomic E-state index is 12.3. The zero-order valence-electron chi connectivity index (χ0n) is 19.9. The molecule has 4 atom stereocenters. The number of nitrogens with zero attached hydrogens (tertiary/aromatic N) is 1. The third-order valence-electron chi connectivity index (χ3n) is 6.10. The van der Waals surface area contributed by atoms with Crippen molar-refractivity contribution in [2.75, 3.05) is 24.5 Å². The van der Waals surface area contributed by atoms with E-state index in [4.69, 9.17) is 9.47 Å². The number of thioether (sulfide) groups is 1. The highest BCUT2D eigenvalue weighted by molar-refractivity contribution is 8.00. The molecule has 0 saturated carbocycles. The average Bonchev–Trinajstić information content (AvgIpc) is 3.29. The van der Waals surface area contributed by atoms with Gasteiger partial charge in [-0.15, -0.1) is 21.0 Å². The molecule has 8 heteroatoms. The van der Waals surface area contributed by atoms with Gasteiger partial charge in [0.1, 0.15) is 11.0 Å². The number of unbranched alkanes of at least 4 members (excludes halogenated alkanes) is 5. The van der Waals surface area contributed by atoms with Gasteiger partial charge in [-0.05, 0) is 49.2 Å². The normalized spacial score (nSPS) is 20.2. The van der Waals surface area contributed by atoms with Crippen molar-refractivity contribution in [1.29, 1.82) is 0 Å². The predicted molar refractivity (Wildman–Crippen MR) is 142 cm³/mol. The molecule has 3 aliphatic rings. The average molecular weight is 512 g/mol. The van der Waals surface area contributed by atoms with Crippen molar-refractivity contribution >= 4 is 38.1 Å². The molecule has 0 N–H and O–H groups in total. The van der Waals surface area contributed by atoms with Crippen LogP contribution in [0, 0.1) is 0 Å². The van der Waals surface area contributed by atoms with Crippen molar-refractivity contribution in [2.45, 2.75) is 75.8 Å². The molecule has 3 heterocycles. The standard InChI is InChI=1S/C18H28O3S.C7H10NOPS/c1-3-4-5-6-7-8-11-22(19)15(2)12-16-9-10-17-18(13-16)21-14-20-17;9-6-1-7-8(6)2-5(3-10)4-11-7/h9-10,13,15H,3-8,11-12,14H2,1-2H3;2,7H,1,3-4,10H2/t;7-/m.1/s1. The summed E-state index contributed by atoms with van der Waals surface area (Å²) in [6.07, 6.45) is 12.1. The molecule has 3 aliphatic heterocycles. The molecule has 0 aliphatic carbocycles. The maximum absolute atomic E-state index is 12.3. The monoisotopic (exact) mass is 511 g/mol. The van der Waals surface area contributed by atoms with Gasteiger partial charge >= 0.3 is 0 Å². The highest BCUT2D eigenvalue weighted by Crippen LogP contribution is 2.36. The Morgan fingerprint density at radius 2 is 1.97 bits per heavy atom. The number of ether oxygens (including phenoxy) is 2. The van der Waals surface area contributed by atoms with E-state index in [1.54, 1.807) is 0 Å². The largest absolute Gasteiger partial charge is 0.616 e. The van der Waals surface area contributed by atoms with Crippen molar-refractivity contribution in [3.63, 3.8) is 0 Å². The van der Waals surface area contributed by atoms with Crippen LogP contribution in [0.1, 0.15) is 64.4 Å². The summed E-state index contributed by atoms with van der Waals surface area (Å²) < 4.78 is 23.0. The summed E-state index contributed by atoms with van der Waals surface area (Å²) in [5.74, 6) is 3.82. The number of fused-ring (bicyclic) bond motifs is 2. The lowest BCUT2D eigenvalue weighted by molar-refractivity contribution is -0.137. The first-order chi connectivity index (χ1) is 16.0. The number of hydrogen-bond acceptors (Lipinski definition) is 5. The van der Waals surface area contributed by atoms with E-state index in [9.17, 15) is 9.35 Å². The van der Waals surface area contributed by atoms with Gasteiger partial charge in [-0.25, -0.2) is 0 Å². The van der Waals surface area contributed by atoms with Crippen molar-refractivity contribution in [1.82, 2.24) is 4.90 Å². The number of benzene rings is 1. The molecule has 1 aromatic rings. The molecule has 1 fully saturated rings. The Hall–Kier alpha value is -0.880. The van der Waals surface area contributed by atoms with Gasteiger partial charge < -0.3 is 18.9 Å². The lowest BCUT2D eigenvalue weighted by atomic mass is 10.1. The Labute approximate surface area is 208 Å². The summed E-state index contributed by atoms with van der Waals surface area (Å²) in [5, 5.41) is 0.652. The summed E-state index contributed by atoms with van der Waals surface area (Å²) >= 11 is 1.13. The van der Waals surface area contributed by atoms with E-state index in [0.29, 0.717) is 12.2 Å². The second-order valence-electron chi connectivity index (χ2n) is 8.82. The van der Waals surface area contributed by atoms with E-state index in [0.717, 1.165) is 48.4 Å². The van der Waals surface area contributed by atoms with Crippen LogP contribution in [0.5, 0.6) is 11.5 Å². The maximum Gasteiger partial charge on any atom is 0.231 e. The fourth-order valence-corrected chi connectivity index (χ4v) is 6.89. The quantitative estimate of drug-likeness (QED) is 0.170. The van der Waals surface area contributed by atoms with Crippen LogP contribution in [0.2, 0.25) is 0 Å². The fourth-order valence-electron chi connectivity index (χ4n) is 3.96. The van der Waals surface area contributed by atoms with E-state index in [2.05, 4.69) is 23.1 Å². The van der Waals surface area contributed by atoms with Crippen LogP contribution in [0.4, 0.5) is 0 Å². The SMILES string of the molecule is CCCCCCCC[S+]([O-])C(C)Cc1ccc2c(c1)OCO2.O=C1C[C@H]2SCC(CP)=CN12. The number of carbonyl (C=O) groups is 1. The first kappa shape index (κ1) is 26.7. The minimum Gasteiger partial charge on any atom is -0.616 e. The van der Waals surface area contributed by atoms with Gasteiger partial charge in [-0.3, -0.25) is 4.79 Å². The Kier molecular flexibility index (Phi) is 11.2. The van der Waals surface area contributed by atoms with Gasteiger partial charge in [0.15, 0.2) is 11.5 Å². The van der Waals surface area contributed by atoms with E-state index in [1.165, 1.54) is 43.2 Å². The van der Waals surface area contributed by atoms with Crippen molar-refractivity contribution in [3.8, 4) is 11.5 Å². The summed E-state index contributed by atoms with van der Waals surface area (Å²) in [7, 11) is 2.69. The minimum absolute atomic E-state index is 0.191. The molecule has 1 saturated heterocycles. The molecule has 33 heavy (non-hydrogen) atoms. The van der Waals surface area contributed by atoms with Crippen molar-refractivity contribution < 1.29 is 18.8 Å². The van der Waals surface area contributed by atoms with Crippen molar-refractivity contribution in [3.05, 3.63) is 35.5 Å². The molecule has 1 amide bonds. The third kappa shape index (κ3) is 8.09. The van der Waals surface area contributed by atoms with Gasteiger partial charge in [-0.2, -0.15) is 0 Å². The number of carbonyl (C=O) groups excluding carboxylic acids is 1. The second-order valence-corrected chi connectivity index (χ2v) is 12.4. The van der Waals surface area contributed by atoms with Crippen LogP contribution < -0.4 is 9.47 Å². The van der Waals surface area contributed by atoms with Gasteiger partial charge in [-0.1, -0.05) is 49.8 Å². The lowest BCUT2D eigenvalue weighted by Crippen LogP contribution is -2.49. The predicted octanol–water partition coefficient (Wildman–Crippen LogP) is 5.51.